The van der Waals surface area contributed by atoms with Gasteiger partial charge in [-0.25, -0.2) is 9.37 Å². The lowest BCUT2D eigenvalue weighted by Crippen LogP contribution is -2.21. The molecule has 0 unspecified atom stereocenters. The summed E-state index contributed by atoms with van der Waals surface area (Å²) >= 11 is 1.50. The Bertz CT molecular complexity index is 1440. The lowest BCUT2D eigenvalue weighted by Gasteiger charge is -2.13. The number of aromatic amines is 1. The molecule has 0 radical (unpaired) electrons. The maximum Gasteiger partial charge on any atom is 0.283 e. The molecule has 4 nitrogen and oxygen atoms in total. The van der Waals surface area contributed by atoms with Crippen molar-refractivity contribution < 1.29 is 4.39 Å². The van der Waals surface area contributed by atoms with E-state index in [1.54, 1.807) is 16.7 Å². The molecule has 148 valence electrons. The number of hydrogen-bond donors (Lipinski definition) is 1. The lowest BCUT2D eigenvalue weighted by molar-refractivity contribution is 0.627. The highest BCUT2D eigenvalue weighted by molar-refractivity contribution is 7.98. The summed E-state index contributed by atoms with van der Waals surface area (Å²) in [6.45, 7) is 2.07. The summed E-state index contributed by atoms with van der Waals surface area (Å²) in [7, 11) is 0. The van der Waals surface area contributed by atoms with Crippen LogP contribution in [0.2, 0.25) is 0 Å². The number of thioether (sulfide) groups is 1. The number of rotatable bonds is 4. The van der Waals surface area contributed by atoms with Gasteiger partial charge in [0.2, 0.25) is 0 Å². The van der Waals surface area contributed by atoms with E-state index in [0.717, 1.165) is 10.9 Å². The highest BCUT2D eigenvalue weighted by Crippen LogP contribution is 2.28. The maximum atomic E-state index is 13.5. The minimum atomic E-state index is -0.347. The standard InChI is InChI=1S/C24H18FN3OS/c1-15-6-2-3-7-16(15)14-30-24-27-21-19-8-4-5-9-20(19)26-22(21)23(29)28(24)18-12-10-17(25)11-13-18/h2-13,26H,14H2,1H3. The Morgan fingerprint density at radius 1 is 1.00 bits per heavy atom. The molecule has 6 heteroatoms. The molecule has 0 amide bonds. The number of halogens is 1. The monoisotopic (exact) mass is 415 g/mol. The first-order valence-electron chi connectivity index (χ1n) is 9.58. The fourth-order valence-electron chi connectivity index (χ4n) is 3.57. The molecule has 0 bridgehead atoms. The molecule has 5 aromatic rings. The van der Waals surface area contributed by atoms with Crippen molar-refractivity contribution >= 4 is 33.7 Å². The molecular formula is C24H18FN3OS. The summed E-state index contributed by atoms with van der Waals surface area (Å²) in [4.78, 5) is 21.5. The summed E-state index contributed by atoms with van der Waals surface area (Å²) in [5, 5.41) is 1.49. The van der Waals surface area contributed by atoms with Crippen LogP contribution in [0.15, 0.2) is 82.7 Å². The van der Waals surface area contributed by atoms with E-state index in [2.05, 4.69) is 24.0 Å². The second-order valence-corrected chi connectivity index (χ2v) is 8.06. The van der Waals surface area contributed by atoms with Crippen molar-refractivity contribution in [3.63, 3.8) is 0 Å². The highest BCUT2D eigenvalue weighted by Gasteiger charge is 2.17. The van der Waals surface area contributed by atoms with Crippen LogP contribution >= 0.6 is 11.8 Å². The van der Waals surface area contributed by atoms with E-state index in [1.165, 1.54) is 35.0 Å². The largest absolute Gasteiger partial charge is 0.349 e. The minimum absolute atomic E-state index is 0.199. The van der Waals surface area contributed by atoms with Crippen LogP contribution in [0.1, 0.15) is 11.1 Å². The summed E-state index contributed by atoms with van der Waals surface area (Å²) in [6, 6.07) is 21.8. The number of aromatic nitrogens is 3. The zero-order chi connectivity index (χ0) is 20.7. The SMILES string of the molecule is Cc1ccccc1CSc1nc2c([nH]c3ccccc32)c(=O)n1-c1ccc(F)cc1. The molecule has 0 aliphatic carbocycles. The number of fused-ring (bicyclic) bond motifs is 3. The van der Waals surface area contributed by atoms with E-state index in [1.807, 2.05) is 36.4 Å². The van der Waals surface area contributed by atoms with Gasteiger partial charge in [-0.05, 0) is 48.4 Å². The summed E-state index contributed by atoms with van der Waals surface area (Å²) in [6.07, 6.45) is 0. The number of benzene rings is 3. The van der Waals surface area contributed by atoms with Gasteiger partial charge < -0.3 is 4.98 Å². The van der Waals surface area contributed by atoms with Gasteiger partial charge in [-0.3, -0.25) is 9.36 Å². The first kappa shape index (κ1) is 18.6. The molecule has 0 saturated heterocycles. The minimum Gasteiger partial charge on any atom is -0.349 e. The number of nitrogens with zero attached hydrogens (tertiary/aromatic N) is 2. The van der Waals surface area contributed by atoms with Crippen LogP contribution in [0.3, 0.4) is 0 Å². The topological polar surface area (TPSA) is 50.7 Å². The van der Waals surface area contributed by atoms with Gasteiger partial charge in [0.15, 0.2) is 5.16 Å². The van der Waals surface area contributed by atoms with E-state index in [-0.39, 0.29) is 11.4 Å². The van der Waals surface area contributed by atoms with E-state index in [4.69, 9.17) is 4.98 Å². The normalized spacial score (nSPS) is 11.4. The van der Waals surface area contributed by atoms with Gasteiger partial charge >= 0.3 is 0 Å². The summed E-state index contributed by atoms with van der Waals surface area (Å²) in [5.74, 6) is 0.328. The summed E-state index contributed by atoms with van der Waals surface area (Å²) in [5.41, 5.74) is 4.72. The van der Waals surface area contributed by atoms with E-state index in [0.29, 0.717) is 27.6 Å². The Balaban J connectivity index is 1.72. The quantitative estimate of drug-likeness (QED) is 0.307. The Hall–Kier alpha value is -3.38. The maximum absolute atomic E-state index is 13.5. The van der Waals surface area contributed by atoms with Gasteiger partial charge in [-0.1, -0.05) is 54.2 Å². The Kier molecular flexibility index (Phi) is 4.64. The number of hydrogen-bond acceptors (Lipinski definition) is 3. The molecule has 2 heterocycles. The summed E-state index contributed by atoms with van der Waals surface area (Å²) < 4.78 is 15.1. The van der Waals surface area contributed by atoms with E-state index in [9.17, 15) is 9.18 Å². The van der Waals surface area contributed by atoms with Crippen LogP contribution in [0.25, 0.3) is 27.6 Å². The fraction of sp³-hybridized carbons (Fsp3) is 0.0833. The zero-order valence-electron chi connectivity index (χ0n) is 16.2. The van der Waals surface area contributed by atoms with Crippen LogP contribution in [-0.4, -0.2) is 14.5 Å². The van der Waals surface area contributed by atoms with Crippen molar-refractivity contribution in [3.05, 3.63) is 100 Å². The number of nitrogens with one attached hydrogen (secondary N) is 1. The van der Waals surface area contributed by atoms with Crippen molar-refractivity contribution in [2.75, 3.05) is 0 Å². The number of para-hydroxylation sites is 1. The molecular weight excluding hydrogens is 397 g/mol. The molecule has 0 aliphatic heterocycles. The van der Waals surface area contributed by atoms with Gasteiger partial charge in [0.25, 0.3) is 5.56 Å². The molecule has 30 heavy (non-hydrogen) atoms. The third kappa shape index (κ3) is 3.19. The molecule has 2 aromatic heterocycles. The Labute approximate surface area is 176 Å². The van der Waals surface area contributed by atoms with Crippen LogP contribution in [-0.2, 0) is 5.75 Å². The van der Waals surface area contributed by atoms with Crippen LogP contribution in [0.5, 0.6) is 0 Å². The van der Waals surface area contributed by atoms with E-state index < -0.39 is 0 Å². The molecule has 0 atom stereocenters. The average Bonchev–Trinajstić information content (AvgIpc) is 3.13. The van der Waals surface area contributed by atoms with Crippen molar-refractivity contribution in [3.8, 4) is 5.69 Å². The molecule has 0 spiro atoms. The van der Waals surface area contributed by atoms with Crippen molar-refractivity contribution in [2.24, 2.45) is 0 Å². The lowest BCUT2D eigenvalue weighted by atomic mass is 10.1. The smallest absolute Gasteiger partial charge is 0.283 e. The fourth-order valence-corrected chi connectivity index (χ4v) is 4.65. The molecule has 1 N–H and O–H groups in total. The van der Waals surface area contributed by atoms with Gasteiger partial charge in [0.05, 0.1) is 5.69 Å². The highest BCUT2D eigenvalue weighted by atomic mass is 32.2. The molecule has 5 rings (SSSR count). The first-order valence-corrected chi connectivity index (χ1v) is 10.6. The predicted molar refractivity (Wildman–Crippen MR) is 120 cm³/mol. The van der Waals surface area contributed by atoms with Gasteiger partial charge in [-0.15, -0.1) is 0 Å². The Morgan fingerprint density at radius 3 is 2.53 bits per heavy atom. The second-order valence-electron chi connectivity index (χ2n) is 7.12. The third-order valence-corrected chi connectivity index (χ3v) is 6.18. The predicted octanol–water partition coefficient (Wildman–Crippen LogP) is 5.61. The van der Waals surface area contributed by atoms with Crippen LogP contribution in [0, 0.1) is 12.7 Å². The van der Waals surface area contributed by atoms with Crippen molar-refractivity contribution in [1.29, 1.82) is 0 Å². The van der Waals surface area contributed by atoms with Crippen molar-refractivity contribution in [2.45, 2.75) is 17.8 Å². The molecule has 0 aliphatic rings. The van der Waals surface area contributed by atoms with Gasteiger partial charge in [0, 0.05) is 16.7 Å². The average molecular weight is 415 g/mol. The molecule has 3 aromatic carbocycles. The van der Waals surface area contributed by atoms with Gasteiger partial charge in [0.1, 0.15) is 16.9 Å². The zero-order valence-corrected chi connectivity index (χ0v) is 17.0. The van der Waals surface area contributed by atoms with Gasteiger partial charge in [-0.2, -0.15) is 0 Å². The Morgan fingerprint density at radius 2 is 1.73 bits per heavy atom. The first-order chi connectivity index (χ1) is 14.6. The third-order valence-electron chi connectivity index (χ3n) is 5.20. The molecule has 0 saturated carbocycles. The number of aryl methyl sites for hydroxylation is 1. The molecule has 0 fully saturated rings. The second kappa shape index (κ2) is 7.46. The van der Waals surface area contributed by atoms with E-state index >= 15 is 0 Å². The van der Waals surface area contributed by atoms with Crippen LogP contribution < -0.4 is 5.56 Å². The van der Waals surface area contributed by atoms with Crippen molar-refractivity contribution in [1.82, 2.24) is 14.5 Å². The van der Waals surface area contributed by atoms with Crippen LogP contribution in [0.4, 0.5) is 4.39 Å². The number of H-pyrrole nitrogens is 1.